The number of rotatable bonds is 5. The molecule has 0 saturated heterocycles. The first kappa shape index (κ1) is 19.1. The molecule has 0 amide bonds. The minimum atomic E-state index is -2.36. The molecule has 140 valence electrons. The summed E-state index contributed by atoms with van der Waals surface area (Å²) in [4.78, 5) is 3.08. The molecule has 2 nitrogen and oxygen atoms in total. The predicted molar refractivity (Wildman–Crippen MR) is 107 cm³/mol. The normalized spacial score (nSPS) is 20.4. The van der Waals surface area contributed by atoms with Crippen LogP contribution in [-0.2, 0) is 6.42 Å². The minimum absolute atomic E-state index is 0.235. The standard InChI is InChI=1S/C21H26F2N2S/c1-4-6-19-17(13-20(22)23)16-7-5-8-18(21(16)26-19)24-14-9-11-15(12-10-14)25(2)3/h5,7-8,14-15,20,24H,9-13H2,1-3H3. The van der Waals surface area contributed by atoms with Crippen LogP contribution in [0.4, 0.5) is 14.5 Å². The Morgan fingerprint density at radius 3 is 2.58 bits per heavy atom. The number of benzene rings is 1. The second-order valence-corrected chi connectivity index (χ2v) is 8.20. The molecule has 5 heteroatoms. The van der Waals surface area contributed by atoms with Gasteiger partial charge in [-0.05, 0) is 63.7 Å². The van der Waals surface area contributed by atoms with E-state index in [1.54, 1.807) is 6.92 Å². The van der Waals surface area contributed by atoms with Crippen LogP contribution in [0, 0.1) is 11.8 Å². The average molecular weight is 377 g/mol. The first-order valence-corrected chi connectivity index (χ1v) is 9.99. The highest BCUT2D eigenvalue weighted by Crippen LogP contribution is 2.38. The molecule has 1 heterocycles. The molecule has 0 bridgehead atoms. The summed E-state index contributed by atoms with van der Waals surface area (Å²) in [7, 11) is 4.29. The van der Waals surface area contributed by atoms with E-state index in [-0.39, 0.29) is 6.42 Å². The molecule has 1 aliphatic rings. The van der Waals surface area contributed by atoms with E-state index in [4.69, 9.17) is 0 Å². The summed E-state index contributed by atoms with van der Waals surface area (Å²) in [5, 5.41) is 4.59. The van der Waals surface area contributed by atoms with E-state index < -0.39 is 6.43 Å². The number of hydrogen-bond donors (Lipinski definition) is 1. The highest BCUT2D eigenvalue weighted by Gasteiger charge is 2.23. The maximum absolute atomic E-state index is 13.1. The zero-order valence-electron chi connectivity index (χ0n) is 15.6. The van der Waals surface area contributed by atoms with Crippen LogP contribution in [0.1, 0.15) is 43.0 Å². The van der Waals surface area contributed by atoms with Crippen LogP contribution in [0.25, 0.3) is 10.1 Å². The van der Waals surface area contributed by atoms with Gasteiger partial charge in [0.15, 0.2) is 0 Å². The Morgan fingerprint density at radius 1 is 1.23 bits per heavy atom. The molecule has 1 saturated carbocycles. The van der Waals surface area contributed by atoms with E-state index in [1.165, 1.54) is 24.2 Å². The van der Waals surface area contributed by atoms with E-state index >= 15 is 0 Å². The van der Waals surface area contributed by atoms with Gasteiger partial charge in [0, 0.05) is 18.5 Å². The molecule has 0 unspecified atom stereocenters. The van der Waals surface area contributed by atoms with Gasteiger partial charge in [0.1, 0.15) is 0 Å². The maximum Gasteiger partial charge on any atom is 0.242 e. The van der Waals surface area contributed by atoms with E-state index in [2.05, 4.69) is 42.2 Å². The molecular formula is C21H26F2N2S. The van der Waals surface area contributed by atoms with E-state index in [0.717, 1.165) is 33.5 Å². The van der Waals surface area contributed by atoms with Gasteiger partial charge in [-0.2, -0.15) is 0 Å². The highest BCUT2D eigenvalue weighted by atomic mass is 32.1. The van der Waals surface area contributed by atoms with Gasteiger partial charge in [0.05, 0.1) is 15.3 Å². The first-order valence-electron chi connectivity index (χ1n) is 9.17. The van der Waals surface area contributed by atoms with Crippen molar-refractivity contribution in [3.8, 4) is 11.8 Å². The monoisotopic (exact) mass is 376 g/mol. The lowest BCUT2D eigenvalue weighted by atomic mass is 9.90. The van der Waals surface area contributed by atoms with Gasteiger partial charge in [-0.15, -0.1) is 17.3 Å². The van der Waals surface area contributed by atoms with Crippen LogP contribution in [0.3, 0.4) is 0 Å². The summed E-state index contributed by atoms with van der Waals surface area (Å²) in [6, 6.07) is 7.07. The van der Waals surface area contributed by atoms with Crippen LogP contribution in [-0.4, -0.2) is 37.5 Å². The number of anilines is 1. The molecular weight excluding hydrogens is 350 g/mol. The van der Waals surface area contributed by atoms with Gasteiger partial charge in [0.2, 0.25) is 6.43 Å². The molecule has 0 radical (unpaired) electrons. The molecule has 2 aromatic rings. The lowest BCUT2D eigenvalue weighted by Crippen LogP contribution is -2.36. The third-order valence-corrected chi connectivity index (χ3v) is 6.40. The number of nitrogens with one attached hydrogen (secondary N) is 1. The van der Waals surface area contributed by atoms with Gasteiger partial charge in [-0.25, -0.2) is 8.78 Å². The van der Waals surface area contributed by atoms with Crippen molar-refractivity contribution < 1.29 is 8.78 Å². The lowest BCUT2D eigenvalue weighted by molar-refractivity contribution is 0.149. The van der Waals surface area contributed by atoms with Crippen molar-refractivity contribution in [2.75, 3.05) is 19.4 Å². The second kappa shape index (κ2) is 8.37. The Morgan fingerprint density at radius 2 is 1.96 bits per heavy atom. The summed E-state index contributed by atoms with van der Waals surface area (Å²) in [5.74, 6) is 5.89. The van der Waals surface area contributed by atoms with Crippen molar-refractivity contribution in [2.45, 2.75) is 57.5 Å². The largest absolute Gasteiger partial charge is 0.381 e. The number of halogens is 2. The van der Waals surface area contributed by atoms with Crippen molar-refractivity contribution in [3.05, 3.63) is 28.6 Å². The van der Waals surface area contributed by atoms with Crippen molar-refractivity contribution in [2.24, 2.45) is 0 Å². The van der Waals surface area contributed by atoms with Gasteiger partial charge < -0.3 is 10.2 Å². The van der Waals surface area contributed by atoms with Gasteiger partial charge >= 0.3 is 0 Å². The van der Waals surface area contributed by atoms with Gasteiger partial charge in [-0.3, -0.25) is 0 Å². The summed E-state index contributed by atoms with van der Waals surface area (Å²) < 4.78 is 27.2. The number of thiophene rings is 1. The smallest absolute Gasteiger partial charge is 0.242 e. The summed E-state index contributed by atoms with van der Waals surface area (Å²) in [6.45, 7) is 1.75. The number of fused-ring (bicyclic) bond motifs is 1. The topological polar surface area (TPSA) is 15.3 Å². The molecule has 1 fully saturated rings. The van der Waals surface area contributed by atoms with Crippen LogP contribution >= 0.6 is 11.3 Å². The van der Waals surface area contributed by atoms with Crippen LogP contribution in [0.5, 0.6) is 0 Å². The zero-order chi connectivity index (χ0) is 18.7. The lowest BCUT2D eigenvalue weighted by Gasteiger charge is -2.33. The highest BCUT2D eigenvalue weighted by molar-refractivity contribution is 7.20. The number of alkyl halides is 2. The van der Waals surface area contributed by atoms with Crippen molar-refractivity contribution in [1.29, 1.82) is 0 Å². The first-order chi connectivity index (χ1) is 12.5. The summed E-state index contributed by atoms with van der Waals surface area (Å²) >= 11 is 1.53. The SMILES string of the molecule is CC#Cc1sc2c(NC3CCC(N(C)C)CC3)cccc2c1CC(F)F. The number of hydrogen-bond acceptors (Lipinski definition) is 3. The van der Waals surface area contributed by atoms with E-state index in [9.17, 15) is 8.78 Å². The minimum Gasteiger partial charge on any atom is -0.381 e. The summed E-state index contributed by atoms with van der Waals surface area (Å²) in [6.07, 6.45) is 2.05. The van der Waals surface area contributed by atoms with Crippen LogP contribution in [0.15, 0.2) is 18.2 Å². The fraction of sp³-hybridized carbons (Fsp3) is 0.524. The van der Waals surface area contributed by atoms with Crippen LogP contribution < -0.4 is 5.32 Å². The molecule has 1 aliphatic carbocycles. The second-order valence-electron chi connectivity index (χ2n) is 7.18. The Kier molecular flexibility index (Phi) is 6.16. The third kappa shape index (κ3) is 4.19. The zero-order valence-corrected chi connectivity index (χ0v) is 16.4. The van der Waals surface area contributed by atoms with Crippen molar-refractivity contribution in [1.82, 2.24) is 4.90 Å². The Hall–Kier alpha value is -1.64. The van der Waals surface area contributed by atoms with Crippen LogP contribution in [0.2, 0.25) is 0 Å². The molecule has 0 atom stereocenters. The Bertz CT molecular complexity index is 809. The fourth-order valence-electron chi connectivity index (χ4n) is 3.81. The molecule has 1 aromatic heterocycles. The fourth-order valence-corrected chi connectivity index (χ4v) is 5.02. The maximum atomic E-state index is 13.1. The summed E-state index contributed by atoms with van der Waals surface area (Å²) in [5.41, 5.74) is 1.75. The Labute approximate surface area is 158 Å². The average Bonchev–Trinajstić information content (AvgIpc) is 2.94. The third-order valence-electron chi connectivity index (χ3n) is 5.20. The molecule has 1 aromatic carbocycles. The van der Waals surface area contributed by atoms with Gasteiger partial charge in [0.25, 0.3) is 0 Å². The van der Waals surface area contributed by atoms with E-state index in [0.29, 0.717) is 17.6 Å². The molecule has 0 aliphatic heterocycles. The Balaban J connectivity index is 1.86. The van der Waals surface area contributed by atoms with Gasteiger partial charge in [-0.1, -0.05) is 18.1 Å². The predicted octanol–water partition coefficient (Wildman–Crippen LogP) is 5.37. The molecule has 0 spiro atoms. The van der Waals surface area contributed by atoms with E-state index in [1.807, 2.05) is 12.1 Å². The van der Waals surface area contributed by atoms with Crippen molar-refractivity contribution in [3.63, 3.8) is 0 Å². The van der Waals surface area contributed by atoms with Crippen molar-refractivity contribution >= 4 is 27.1 Å². The quantitative estimate of drug-likeness (QED) is 0.706. The number of nitrogens with zero attached hydrogens (tertiary/aromatic N) is 1. The molecule has 26 heavy (non-hydrogen) atoms. The molecule has 3 rings (SSSR count). The molecule has 1 N–H and O–H groups in total.